The SMILES string of the molecule is O=C(NC1CC1)c1ccccc1NC(=O)C1CCCN(c2ccc(Cl)nn2)C1. The Kier molecular flexibility index (Phi) is 5.43. The van der Waals surface area contributed by atoms with Crippen LogP contribution in [0.3, 0.4) is 0 Å². The molecule has 2 heterocycles. The summed E-state index contributed by atoms with van der Waals surface area (Å²) in [5, 5.41) is 14.3. The molecule has 7 nitrogen and oxygen atoms in total. The summed E-state index contributed by atoms with van der Waals surface area (Å²) in [6.45, 7) is 1.37. The van der Waals surface area contributed by atoms with Gasteiger partial charge in [0.2, 0.25) is 5.91 Å². The van der Waals surface area contributed by atoms with Crippen LogP contribution in [0, 0.1) is 5.92 Å². The van der Waals surface area contributed by atoms with E-state index in [-0.39, 0.29) is 23.8 Å². The molecule has 1 aromatic carbocycles. The zero-order chi connectivity index (χ0) is 19.5. The molecule has 1 atom stereocenters. The van der Waals surface area contributed by atoms with E-state index in [0.717, 1.165) is 32.2 Å². The summed E-state index contributed by atoms with van der Waals surface area (Å²) < 4.78 is 0. The molecule has 2 fully saturated rings. The Morgan fingerprint density at radius 2 is 1.89 bits per heavy atom. The Morgan fingerprint density at radius 3 is 2.64 bits per heavy atom. The van der Waals surface area contributed by atoms with Gasteiger partial charge in [0.1, 0.15) is 0 Å². The van der Waals surface area contributed by atoms with Gasteiger partial charge in [-0.15, -0.1) is 10.2 Å². The van der Waals surface area contributed by atoms with Crippen molar-refractivity contribution >= 4 is 34.9 Å². The third kappa shape index (κ3) is 4.42. The van der Waals surface area contributed by atoms with Gasteiger partial charge in [-0.25, -0.2) is 0 Å². The van der Waals surface area contributed by atoms with Crippen molar-refractivity contribution in [2.45, 2.75) is 31.7 Å². The van der Waals surface area contributed by atoms with Gasteiger partial charge in [0.15, 0.2) is 11.0 Å². The van der Waals surface area contributed by atoms with Gasteiger partial charge in [0.05, 0.1) is 17.2 Å². The number of nitrogens with one attached hydrogen (secondary N) is 2. The number of carbonyl (C=O) groups is 2. The lowest BCUT2D eigenvalue weighted by Gasteiger charge is -2.32. The summed E-state index contributed by atoms with van der Waals surface area (Å²) in [6.07, 6.45) is 3.71. The number of amides is 2. The van der Waals surface area contributed by atoms with E-state index in [2.05, 4.69) is 20.8 Å². The van der Waals surface area contributed by atoms with Crippen LogP contribution < -0.4 is 15.5 Å². The van der Waals surface area contributed by atoms with Gasteiger partial charge in [0.25, 0.3) is 5.91 Å². The molecule has 1 aliphatic heterocycles. The van der Waals surface area contributed by atoms with Crippen LogP contribution in [0.25, 0.3) is 0 Å². The van der Waals surface area contributed by atoms with Crippen molar-refractivity contribution in [2.24, 2.45) is 5.92 Å². The molecule has 1 unspecified atom stereocenters. The fourth-order valence-electron chi connectivity index (χ4n) is 3.39. The molecular weight excluding hydrogens is 378 g/mol. The summed E-state index contributed by atoms with van der Waals surface area (Å²) in [5.74, 6) is 0.301. The molecule has 0 bridgehead atoms. The van der Waals surface area contributed by atoms with Gasteiger partial charge in [0, 0.05) is 19.1 Å². The van der Waals surface area contributed by atoms with Crippen molar-refractivity contribution in [1.29, 1.82) is 0 Å². The summed E-state index contributed by atoms with van der Waals surface area (Å²) in [6, 6.07) is 10.9. The van der Waals surface area contributed by atoms with E-state index in [1.165, 1.54) is 0 Å². The second kappa shape index (κ2) is 8.14. The van der Waals surface area contributed by atoms with Crippen LogP contribution in [-0.4, -0.2) is 41.1 Å². The maximum Gasteiger partial charge on any atom is 0.253 e. The Morgan fingerprint density at radius 1 is 1.07 bits per heavy atom. The van der Waals surface area contributed by atoms with Crippen LogP contribution in [-0.2, 0) is 4.79 Å². The number of benzene rings is 1. The second-order valence-corrected chi connectivity index (χ2v) is 7.67. The van der Waals surface area contributed by atoms with Gasteiger partial charge in [-0.05, 0) is 49.9 Å². The molecule has 2 aromatic rings. The van der Waals surface area contributed by atoms with Crippen molar-refractivity contribution < 1.29 is 9.59 Å². The minimum atomic E-state index is -0.189. The molecule has 1 saturated carbocycles. The number of para-hydroxylation sites is 1. The van der Waals surface area contributed by atoms with E-state index in [1.54, 1.807) is 24.3 Å². The van der Waals surface area contributed by atoms with Crippen molar-refractivity contribution in [3.63, 3.8) is 0 Å². The number of halogens is 1. The Balaban J connectivity index is 1.43. The fourth-order valence-corrected chi connectivity index (χ4v) is 3.49. The third-order valence-electron chi connectivity index (χ3n) is 5.08. The van der Waals surface area contributed by atoms with Gasteiger partial charge in [-0.1, -0.05) is 23.7 Å². The molecule has 1 saturated heterocycles. The Bertz CT molecular complexity index is 869. The highest BCUT2D eigenvalue weighted by atomic mass is 35.5. The first-order valence-corrected chi connectivity index (χ1v) is 9.93. The molecule has 4 rings (SSSR count). The molecule has 2 amide bonds. The zero-order valence-electron chi connectivity index (χ0n) is 15.4. The van der Waals surface area contributed by atoms with Crippen molar-refractivity contribution in [3.05, 3.63) is 47.1 Å². The average Bonchev–Trinajstić information content (AvgIpc) is 3.53. The number of carbonyl (C=O) groups excluding carboxylic acids is 2. The molecule has 8 heteroatoms. The zero-order valence-corrected chi connectivity index (χ0v) is 16.2. The highest BCUT2D eigenvalue weighted by Gasteiger charge is 2.28. The molecule has 0 spiro atoms. The number of anilines is 2. The van der Waals surface area contributed by atoms with Crippen LogP contribution in [0.2, 0.25) is 5.15 Å². The lowest BCUT2D eigenvalue weighted by Crippen LogP contribution is -2.41. The number of rotatable bonds is 5. The molecule has 2 N–H and O–H groups in total. The van der Waals surface area contributed by atoms with E-state index in [4.69, 9.17) is 11.6 Å². The van der Waals surface area contributed by atoms with Gasteiger partial charge >= 0.3 is 0 Å². The monoisotopic (exact) mass is 399 g/mol. The predicted molar refractivity (Wildman–Crippen MR) is 108 cm³/mol. The summed E-state index contributed by atoms with van der Waals surface area (Å²) in [5.41, 5.74) is 1.05. The number of hydrogen-bond donors (Lipinski definition) is 2. The summed E-state index contributed by atoms with van der Waals surface area (Å²) in [7, 11) is 0. The lowest BCUT2D eigenvalue weighted by molar-refractivity contribution is -0.120. The number of piperidine rings is 1. The smallest absolute Gasteiger partial charge is 0.253 e. The highest BCUT2D eigenvalue weighted by molar-refractivity contribution is 6.29. The largest absolute Gasteiger partial charge is 0.354 e. The maximum absolute atomic E-state index is 12.9. The quantitative estimate of drug-likeness (QED) is 0.807. The van der Waals surface area contributed by atoms with Crippen molar-refractivity contribution in [1.82, 2.24) is 15.5 Å². The second-order valence-electron chi connectivity index (χ2n) is 7.28. The van der Waals surface area contributed by atoms with Crippen LogP contribution in [0.4, 0.5) is 11.5 Å². The number of aromatic nitrogens is 2. The first-order valence-electron chi connectivity index (χ1n) is 9.55. The first-order chi connectivity index (χ1) is 13.6. The summed E-state index contributed by atoms with van der Waals surface area (Å²) in [4.78, 5) is 27.4. The standard InChI is InChI=1S/C20H22ClN5O2/c21-17-9-10-18(25-24-17)26-11-3-4-13(12-26)19(27)23-16-6-2-1-5-15(16)20(28)22-14-7-8-14/h1-2,5-6,9-10,13-14H,3-4,7-8,11-12H2,(H,22,28)(H,23,27). The van der Waals surface area contributed by atoms with E-state index in [0.29, 0.717) is 28.8 Å². The van der Waals surface area contributed by atoms with E-state index >= 15 is 0 Å². The molecule has 1 aromatic heterocycles. The number of nitrogens with zero attached hydrogens (tertiary/aromatic N) is 3. The van der Waals surface area contributed by atoms with E-state index in [9.17, 15) is 9.59 Å². The highest BCUT2D eigenvalue weighted by Crippen LogP contribution is 2.25. The third-order valence-corrected chi connectivity index (χ3v) is 5.28. The minimum Gasteiger partial charge on any atom is -0.354 e. The van der Waals surface area contributed by atoms with Gasteiger partial charge < -0.3 is 15.5 Å². The molecular formula is C20H22ClN5O2. The van der Waals surface area contributed by atoms with Gasteiger partial charge in [-0.3, -0.25) is 9.59 Å². The molecule has 28 heavy (non-hydrogen) atoms. The molecule has 2 aliphatic rings. The van der Waals surface area contributed by atoms with Gasteiger partial charge in [-0.2, -0.15) is 0 Å². The average molecular weight is 400 g/mol. The Labute approximate surface area is 168 Å². The molecule has 146 valence electrons. The van der Waals surface area contributed by atoms with Crippen molar-refractivity contribution in [2.75, 3.05) is 23.3 Å². The predicted octanol–water partition coefficient (Wildman–Crippen LogP) is 2.88. The first kappa shape index (κ1) is 18.7. The normalized spacial score (nSPS) is 19.2. The fraction of sp³-hybridized carbons (Fsp3) is 0.400. The Hall–Kier alpha value is -2.67. The van der Waals surface area contributed by atoms with E-state index < -0.39 is 0 Å². The number of hydrogen-bond acceptors (Lipinski definition) is 5. The van der Waals surface area contributed by atoms with E-state index in [1.807, 2.05) is 17.0 Å². The lowest BCUT2D eigenvalue weighted by atomic mass is 9.96. The van der Waals surface area contributed by atoms with Crippen LogP contribution in [0.5, 0.6) is 0 Å². The van der Waals surface area contributed by atoms with Crippen LogP contribution in [0.1, 0.15) is 36.0 Å². The maximum atomic E-state index is 12.9. The summed E-state index contributed by atoms with van der Waals surface area (Å²) >= 11 is 5.81. The van der Waals surface area contributed by atoms with Crippen LogP contribution >= 0.6 is 11.6 Å². The minimum absolute atomic E-state index is 0.0849. The topological polar surface area (TPSA) is 87.2 Å². The molecule has 0 radical (unpaired) electrons. The van der Waals surface area contributed by atoms with Crippen LogP contribution in [0.15, 0.2) is 36.4 Å². The van der Waals surface area contributed by atoms with Crippen molar-refractivity contribution in [3.8, 4) is 0 Å². The molecule has 1 aliphatic carbocycles.